The molecule has 0 amide bonds. The number of nitrogens with zero attached hydrogens (tertiary/aromatic N) is 2. The minimum atomic E-state index is -0.677. The molecule has 90 valence electrons. The molecular weight excluding hydrogens is 216 g/mol. The molecule has 1 aromatic rings. The summed E-state index contributed by atoms with van der Waals surface area (Å²) >= 11 is 0. The summed E-state index contributed by atoms with van der Waals surface area (Å²) in [5, 5.41) is 0. The Labute approximate surface area is 101 Å². The van der Waals surface area contributed by atoms with Gasteiger partial charge in [0.25, 0.3) is 0 Å². The van der Waals surface area contributed by atoms with E-state index in [2.05, 4.69) is 11.4 Å². The number of rotatable bonds is 4. The molecule has 0 aliphatic rings. The lowest BCUT2D eigenvalue weighted by Crippen LogP contribution is -2.19. The second-order valence-corrected chi connectivity index (χ2v) is 2.70. The standard InChI is InChI=1S/C11H10N2O2.C2H6/c1-2-8-15-11(14)10(13-12)9-6-4-3-5-7-9;1-2/h2-7H,1,8H2;1-2H3. The zero-order valence-corrected chi connectivity index (χ0v) is 10.1. The lowest BCUT2D eigenvalue weighted by atomic mass is 10.1. The average Bonchev–Trinajstić information content (AvgIpc) is 2.41. The van der Waals surface area contributed by atoms with E-state index >= 15 is 0 Å². The molecule has 4 nitrogen and oxygen atoms in total. The topological polar surface area (TPSA) is 62.7 Å². The first-order valence-corrected chi connectivity index (χ1v) is 5.35. The van der Waals surface area contributed by atoms with Gasteiger partial charge in [0.1, 0.15) is 6.61 Å². The minimum absolute atomic E-state index is 0.0880. The van der Waals surface area contributed by atoms with E-state index in [9.17, 15) is 4.79 Å². The number of hydrogen-bond donors (Lipinski definition) is 0. The van der Waals surface area contributed by atoms with Crippen molar-refractivity contribution in [3.05, 3.63) is 54.1 Å². The van der Waals surface area contributed by atoms with Crippen LogP contribution in [-0.4, -0.2) is 23.1 Å². The van der Waals surface area contributed by atoms with Crippen LogP contribution in [0, 0.1) is 0 Å². The maximum atomic E-state index is 11.4. The van der Waals surface area contributed by atoms with Crippen LogP contribution in [0.5, 0.6) is 0 Å². The van der Waals surface area contributed by atoms with Crippen LogP contribution >= 0.6 is 0 Å². The molecule has 17 heavy (non-hydrogen) atoms. The Hall–Kier alpha value is -2.19. The maximum absolute atomic E-state index is 11.4. The van der Waals surface area contributed by atoms with Gasteiger partial charge in [0.2, 0.25) is 0 Å². The molecule has 0 aliphatic heterocycles. The molecule has 1 rings (SSSR count). The monoisotopic (exact) mass is 232 g/mol. The van der Waals surface area contributed by atoms with Crippen LogP contribution in [0.1, 0.15) is 19.4 Å². The molecule has 0 fully saturated rings. The van der Waals surface area contributed by atoms with Crippen molar-refractivity contribution in [2.75, 3.05) is 6.61 Å². The van der Waals surface area contributed by atoms with E-state index in [-0.39, 0.29) is 12.3 Å². The fourth-order valence-electron chi connectivity index (χ4n) is 1.02. The molecule has 0 aromatic heterocycles. The fraction of sp³-hybridized carbons (Fsp3) is 0.231. The Morgan fingerprint density at radius 1 is 1.41 bits per heavy atom. The van der Waals surface area contributed by atoms with E-state index in [1.54, 1.807) is 30.3 Å². The van der Waals surface area contributed by atoms with Crippen LogP contribution in [0.25, 0.3) is 5.53 Å². The summed E-state index contributed by atoms with van der Waals surface area (Å²) in [5.41, 5.74) is 9.11. The molecular formula is C13H16N2O2. The SMILES string of the molecule is C=CCOC(=O)C(=[N+]=[N-])c1ccccc1.CC. The summed E-state index contributed by atoms with van der Waals surface area (Å²) in [5.74, 6) is -0.677. The normalized spacial score (nSPS) is 8.12. The predicted octanol–water partition coefficient (Wildman–Crippen LogP) is 2.46. The van der Waals surface area contributed by atoms with E-state index in [1.165, 1.54) is 6.08 Å². The van der Waals surface area contributed by atoms with Crippen molar-refractivity contribution in [2.45, 2.75) is 13.8 Å². The second kappa shape index (κ2) is 9.07. The van der Waals surface area contributed by atoms with Gasteiger partial charge < -0.3 is 10.3 Å². The van der Waals surface area contributed by atoms with Gasteiger partial charge in [0.05, 0.1) is 5.56 Å². The lowest BCUT2D eigenvalue weighted by molar-refractivity contribution is -0.138. The van der Waals surface area contributed by atoms with Gasteiger partial charge in [-0.1, -0.05) is 44.7 Å². The van der Waals surface area contributed by atoms with E-state index in [0.717, 1.165) is 0 Å². The van der Waals surface area contributed by atoms with Gasteiger partial charge in [-0.2, -0.15) is 4.79 Å². The van der Waals surface area contributed by atoms with Crippen LogP contribution < -0.4 is 0 Å². The molecule has 0 aliphatic carbocycles. The van der Waals surface area contributed by atoms with Crippen molar-refractivity contribution < 1.29 is 14.3 Å². The van der Waals surface area contributed by atoms with Crippen LogP contribution in [-0.2, 0) is 9.53 Å². The highest BCUT2D eigenvalue weighted by Crippen LogP contribution is 2.00. The highest BCUT2D eigenvalue weighted by atomic mass is 16.5. The van der Waals surface area contributed by atoms with E-state index in [1.807, 2.05) is 13.8 Å². The Bertz CT molecular complexity index is 407. The van der Waals surface area contributed by atoms with Crippen LogP contribution in [0.3, 0.4) is 0 Å². The van der Waals surface area contributed by atoms with E-state index < -0.39 is 5.97 Å². The van der Waals surface area contributed by atoms with Gasteiger partial charge >= 0.3 is 11.7 Å². The first-order valence-electron chi connectivity index (χ1n) is 5.35. The van der Waals surface area contributed by atoms with Gasteiger partial charge in [-0.05, 0) is 12.1 Å². The van der Waals surface area contributed by atoms with Crippen molar-refractivity contribution in [2.24, 2.45) is 0 Å². The van der Waals surface area contributed by atoms with Crippen LogP contribution in [0.4, 0.5) is 0 Å². The molecule has 0 bridgehead atoms. The van der Waals surface area contributed by atoms with Gasteiger partial charge in [0.15, 0.2) is 0 Å². The minimum Gasteiger partial charge on any atom is -0.453 e. The molecule has 0 N–H and O–H groups in total. The molecule has 4 heteroatoms. The van der Waals surface area contributed by atoms with Crippen molar-refractivity contribution in [1.29, 1.82) is 0 Å². The summed E-state index contributed by atoms with van der Waals surface area (Å²) in [6.07, 6.45) is 1.44. The number of carbonyl (C=O) groups excluding carboxylic acids is 1. The van der Waals surface area contributed by atoms with E-state index in [0.29, 0.717) is 5.56 Å². The third kappa shape index (κ3) is 4.91. The first kappa shape index (κ1) is 14.8. The van der Waals surface area contributed by atoms with Gasteiger partial charge in [-0.3, -0.25) is 0 Å². The molecule has 0 saturated heterocycles. The zero-order chi connectivity index (χ0) is 13.1. The van der Waals surface area contributed by atoms with Gasteiger partial charge in [-0.25, -0.2) is 4.79 Å². The van der Waals surface area contributed by atoms with Crippen molar-refractivity contribution in [3.63, 3.8) is 0 Å². The molecule has 0 atom stereocenters. The van der Waals surface area contributed by atoms with Gasteiger partial charge in [-0.15, -0.1) is 0 Å². The Balaban J connectivity index is 0.00000121. The van der Waals surface area contributed by atoms with Gasteiger partial charge in [0, 0.05) is 0 Å². The predicted molar refractivity (Wildman–Crippen MR) is 66.7 cm³/mol. The summed E-state index contributed by atoms with van der Waals surface area (Å²) in [7, 11) is 0. The number of hydrogen-bond acceptors (Lipinski definition) is 2. The molecule has 0 saturated carbocycles. The Morgan fingerprint density at radius 2 is 2.00 bits per heavy atom. The van der Waals surface area contributed by atoms with Crippen LogP contribution in [0.2, 0.25) is 0 Å². The second-order valence-electron chi connectivity index (χ2n) is 2.70. The number of ether oxygens (including phenoxy) is 1. The number of benzene rings is 1. The molecule has 0 unspecified atom stereocenters. The molecule has 0 heterocycles. The average molecular weight is 232 g/mol. The summed E-state index contributed by atoms with van der Waals surface area (Å²) < 4.78 is 4.75. The number of esters is 1. The fourth-order valence-corrected chi connectivity index (χ4v) is 1.02. The lowest BCUT2D eigenvalue weighted by Gasteiger charge is -1.97. The summed E-state index contributed by atoms with van der Waals surface area (Å²) in [6.45, 7) is 7.50. The van der Waals surface area contributed by atoms with Crippen LogP contribution in [0.15, 0.2) is 43.0 Å². The maximum Gasteiger partial charge on any atom is 0.422 e. The highest BCUT2D eigenvalue weighted by molar-refractivity contribution is 6.40. The third-order valence-corrected chi connectivity index (χ3v) is 1.67. The molecule has 1 aromatic carbocycles. The summed E-state index contributed by atoms with van der Waals surface area (Å²) in [4.78, 5) is 14.3. The zero-order valence-electron chi connectivity index (χ0n) is 10.1. The largest absolute Gasteiger partial charge is 0.453 e. The molecule has 0 radical (unpaired) electrons. The number of carbonyl (C=O) groups is 1. The smallest absolute Gasteiger partial charge is 0.422 e. The summed E-state index contributed by atoms with van der Waals surface area (Å²) in [6, 6.07) is 8.59. The third-order valence-electron chi connectivity index (χ3n) is 1.67. The Morgan fingerprint density at radius 3 is 2.47 bits per heavy atom. The van der Waals surface area contributed by atoms with E-state index in [4.69, 9.17) is 10.3 Å². The first-order chi connectivity index (χ1) is 8.29. The quantitative estimate of drug-likeness (QED) is 0.263. The van der Waals surface area contributed by atoms with Crippen molar-refractivity contribution >= 4 is 11.7 Å². The van der Waals surface area contributed by atoms with Crippen molar-refractivity contribution in [3.8, 4) is 0 Å². The highest BCUT2D eigenvalue weighted by Gasteiger charge is 2.23. The Kier molecular flexibility index (Phi) is 7.90. The van der Waals surface area contributed by atoms with Crippen molar-refractivity contribution in [1.82, 2.24) is 0 Å². The molecule has 0 spiro atoms.